The number of aromatic nitrogens is 2. The Morgan fingerprint density at radius 1 is 0.969 bits per heavy atom. The van der Waals surface area contributed by atoms with Crippen LogP contribution in [0.15, 0.2) is 128 Å². The number of fused-ring (bicyclic) bond motifs is 1. The van der Waals surface area contributed by atoms with E-state index in [4.69, 9.17) is 4.98 Å². The zero-order valence-corrected chi connectivity index (χ0v) is 19.2. The van der Waals surface area contributed by atoms with E-state index in [9.17, 15) is 0 Å². The van der Waals surface area contributed by atoms with Crippen molar-refractivity contribution in [3.63, 3.8) is 0 Å². The van der Waals surface area contributed by atoms with Crippen LogP contribution in [-0.2, 0) is 7.05 Å². The van der Waals surface area contributed by atoms with Crippen LogP contribution in [0.4, 0.5) is 0 Å². The molecule has 0 saturated carbocycles. The fraction of sp³-hybridized carbons (Fsp3) is 0.100. The van der Waals surface area contributed by atoms with Gasteiger partial charge in [-0.15, -0.1) is 0 Å². The van der Waals surface area contributed by atoms with Gasteiger partial charge in [0.1, 0.15) is 5.82 Å². The lowest BCUT2D eigenvalue weighted by atomic mass is 9.94. The van der Waals surface area contributed by atoms with Crippen molar-refractivity contribution in [3.05, 3.63) is 133 Å². The fourth-order valence-corrected chi connectivity index (χ4v) is 3.47. The Balaban J connectivity index is 2.01. The van der Waals surface area contributed by atoms with Crippen molar-refractivity contribution in [2.75, 3.05) is 0 Å². The average molecular weight is 419 g/mol. The molecule has 1 heterocycles. The Labute approximate surface area is 191 Å². The van der Waals surface area contributed by atoms with Crippen LogP contribution in [0.3, 0.4) is 0 Å². The topological polar surface area (TPSA) is 17.8 Å². The molecule has 2 heteroatoms. The second kappa shape index (κ2) is 10.4. The lowest BCUT2D eigenvalue weighted by molar-refractivity contribution is 0.959. The molecule has 0 spiro atoms. The first-order chi connectivity index (χ1) is 15.5. The summed E-state index contributed by atoms with van der Waals surface area (Å²) in [6, 6.07) is 16.6. The summed E-state index contributed by atoms with van der Waals surface area (Å²) in [7, 11) is 2.05. The van der Waals surface area contributed by atoms with E-state index in [1.54, 1.807) is 6.08 Å². The highest BCUT2D eigenvalue weighted by molar-refractivity contribution is 5.85. The SMILES string of the molecule is C=C/C=C/C(=C)/C(=C\C(=C)/C(C)=C/C=C\C)c1ccc(-c2nc3ccccc3n2C)cc1. The molecule has 0 aliphatic heterocycles. The van der Waals surface area contributed by atoms with Gasteiger partial charge in [-0.1, -0.05) is 92.6 Å². The zero-order valence-electron chi connectivity index (χ0n) is 19.2. The normalized spacial score (nSPS) is 12.7. The number of para-hydroxylation sites is 2. The van der Waals surface area contributed by atoms with Crippen molar-refractivity contribution in [2.24, 2.45) is 7.05 Å². The quantitative estimate of drug-likeness (QED) is 0.339. The second-order valence-electron chi connectivity index (χ2n) is 7.64. The van der Waals surface area contributed by atoms with Gasteiger partial charge in [-0.05, 0) is 59.9 Å². The molecule has 2 nitrogen and oxygen atoms in total. The summed E-state index contributed by atoms with van der Waals surface area (Å²) in [5.74, 6) is 0.947. The van der Waals surface area contributed by atoms with E-state index in [1.807, 2.05) is 49.4 Å². The second-order valence-corrected chi connectivity index (χ2v) is 7.64. The van der Waals surface area contributed by atoms with Crippen molar-refractivity contribution < 1.29 is 0 Å². The van der Waals surface area contributed by atoms with E-state index in [1.165, 1.54) is 0 Å². The van der Waals surface area contributed by atoms with E-state index >= 15 is 0 Å². The van der Waals surface area contributed by atoms with E-state index in [2.05, 4.69) is 80.8 Å². The predicted molar refractivity (Wildman–Crippen MR) is 140 cm³/mol. The van der Waals surface area contributed by atoms with Gasteiger partial charge in [-0.3, -0.25) is 0 Å². The number of hydrogen-bond acceptors (Lipinski definition) is 1. The summed E-state index contributed by atoms with van der Waals surface area (Å²) in [5.41, 5.74) is 8.25. The highest BCUT2D eigenvalue weighted by Crippen LogP contribution is 2.29. The zero-order chi connectivity index (χ0) is 23.1. The van der Waals surface area contributed by atoms with Gasteiger partial charge in [-0.2, -0.15) is 0 Å². The van der Waals surface area contributed by atoms with Crippen molar-refractivity contribution in [1.82, 2.24) is 9.55 Å². The maximum absolute atomic E-state index is 4.81. The Morgan fingerprint density at radius 2 is 1.69 bits per heavy atom. The van der Waals surface area contributed by atoms with Gasteiger partial charge in [0.05, 0.1) is 11.0 Å². The fourth-order valence-electron chi connectivity index (χ4n) is 3.47. The van der Waals surface area contributed by atoms with Crippen molar-refractivity contribution in [2.45, 2.75) is 13.8 Å². The monoisotopic (exact) mass is 418 g/mol. The first-order valence-electron chi connectivity index (χ1n) is 10.7. The van der Waals surface area contributed by atoms with Crippen LogP contribution in [0, 0.1) is 0 Å². The van der Waals surface area contributed by atoms with Crippen LogP contribution in [-0.4, -0.2) is 9.55 Å². The molecule has 0 saturated heterocycles. The van der Waals surface area contributed by atoms with Gasteiger partial charge >= 0.3 is 0 Å². The number of hydrogen-bond donors (Lipinski definition) is 0. The molecule has 0 N–H and O–H groups in total. The van der Waals surface area contributed by atoms with E-state index in [-0.39, 0.29) is 0 Å². The minimum Gasteiger partial charge on any atom is -0.327 e. The molecule has 0 unspecified atom stereocenters. The van der Waals surface area contributed by atoms with Gasteiger partial charge in [0.2, 0.25) is 0 Å². The largest absolute Gasteiger partial charge is 0.327 e. The van der Waals surface area contributed by atoms with Crippen molar-refractivity contribution in [3.8, 4) is 11.4 Å². The van der Waals surface area contributed by atoms with E-state index in [0.717, 1.165) is 50.3 Å². The van der Waals surface area contributed by atoms with Crippen LogP contribution >= 0.6 is 0 Å². The molecule has 160 valence electrons. The Kier molecular flexibility index (Phi) is 7.41. The van der Waals surface area contributed by atoms with Crippen molar-refractivity contribution >= 4 is 16.6 Å². The van der Waals surface area contributed by atoms with Crippen LogP contribution in [0.1, 0.15) is 19.4 Å². The molecule has 0 fully saturated rings. The molecule has 3 rings (SSSR count). The summed E-state index contributed by atoms with van der Waals surface area (Å²) < 4.78 is 2.13. The molecular weight excluding hydrogens is 388 g/mol. The molecule has 0 bridgehead atoms. The summed E-state index contributed by atoms with van der Waals surface area (Å²) in [6.07, 6.45) is 13.8. The molecule has 3 aromatic rings. The molecule has 2 aromatic carbocycles. The minimum atomic E-state index is 0.903. The van der Waals surface area contributed by atoms with Crippen LogP contribution in [0.2, 0.25) is 0 Å². The highest BCUT2D eigenvalue weighted by atomic mass is 15.1. The number of nitrogens with zero attached hydrogens (tertiary/aromatic N) is 2. The summed E-state index contributed by atoms with van der Waals surface area (Å²) in [6.45, 7) is 16.4. The number of benzene rings is 2. The summed E-state index contributed by atoms with van der Waals surface area (Å²) in [4.78, 5) is 4.81. The molecule has 1 aromatic heterocycles. The first-order valence-corrected chi connectivity index (χ1v) is 10.7. The third-order valence-corrected chi connectivity index (χ3v) is 5.38. The smallest absolute Gasteiger partial charge is 0.140 e. The van der Waals surface area contributed by atoms with Gasteiger partial charge in [0, 0.05) is 12.6 Å². The average Bonchev–Trinajstić information content (AvgIpc) is 3.16. The molecule has 0 aliphatic rings. The molecular formula is C30H30N2. The van der Waals surface area contributed by atoms with Crippen LogP contribution < -0.4 is 0 Å². The minimum absolute atomic E-state index is 0.903. The Hall–Kier alpha value is -3.91. The standard InChI is InChI=1S/C30H30N2/c1-7-9-13-22(3)24(5)21-27(23(4)14-10-8-2)25-17-19-26(20-18-25)30-31-28-15-11-12-16-29(28)32(30)6/h7-21H,2,4-5H2,1,3,6H3/b9-7-,14-10+,22-13+,27-21+. The Morgan fingerprint density at radius 3 is 2.34 bits per heavy atom. The lowest BCUT2D eigenvalue weighted by Gasteiger charge is -2.11. The molecule has 0 amide bonds. The summed E-state index contributed by atoms with van der Waals surface area (Å²) >= 11 is 0. The number of allylic oxidation sites excluding steroid dienone is 11. The maximum atomic E-state index is 4.81. The Bertz CT molecular complexity index is 1270. The number of imidazole rings is 1. The predicted octanol–water partition coefficient (Wildman–Crippen LogP) is 8.00. The van der Waals surface area contributed by atoms with E-state index < -0.39 is 0 Å². The van der Waals surface area contributed by atoms with Gasteiger partial charge in [0.25, 0.3) is 0 Å². The first kappa shape index (κ1) is 22.8. The van der Waals surface area contributed by atoms with Crippen LogP contribution in [0.25, 0.3) is 28.0 Å². The van der Waals surface area contributed by atoms with Crippen LogP contribution in [0.5, 0.6) is 0 Å². The summed E-state index contributed by atoms with van der Waals surface area (Å²) in [5, 5.41) is 0. The third kappa shape index (κ3) is 5.04. The maximum Gasteiger partial charge on any atom is 0.140 e. The number of rotatable bonds is 8. The molecule has 0 radical (unpaired) electrons. The highest BCUT2D eigenvalue weighted by Gasteiger charge is 2.11. The van der Waals surface area contributed by atoms with Crippen molar-refractivity contribution in [1.29, 1.82) is 0 Å². The van der Waals surface area contributed by atoms with Gasteiger partial charge < -0.3 is 4.57 Å². The molecule has 0 atom stereocenters. The molecule has 0 aliphatic carbocycles. The lowest BCUT2D eigenvalue weighted by Crippen LogP contribution is -1.94. The third-order valence-electron chi connectivity index (χ3n) is 5.38. The number of aryl methyl sites for hydroxylation is 1. The van der Waals surface area contributed by atoms with Gasteiger partial charge in [-0.25, -0.2) is 4.98 Å². The van der Waals surface area contributed by atoms with E-state index in [0.29, 0.717) is 0 Å². The molecule has 32 heavy (non-hydrogen) atoms. The van der Waals surface area contributed by atoms with Gasteiger partial charge in [0.15, 0.2) is 0 Å².